The van der Waals surface area contributed by atoms with E-state index >= 15 is 0 Å². The summed E-state index contributed by atoms with van der Waals surface area (Å²) in [6.45, 7) is 5.19. The van der Waals surface area contributed by atoms with E-state index in [9.17, 15) is 0 Å². The second-order valence-electron chi connectivity index (χ2n) is 5.73. The normalized spacial score (nSPS) is 19.3. The van der Waals surface area contributed by atoms with Crippen molar-refractivity contribution in [2.75, 3.05) is 30.0 Å². The molecule has 5 heteroatoms. The van der Waals surface area contributed by atoms with Gasteiger partial charge in [0.2, 0.25) is 0 Å². The summed E-state index contributed by atoms with van der Waals surface area (Å²) >= 11 is 0. The van der Waals surface area contributed by atoms with E-state index in [1.165, 1.54) is 5.56 Å². The van der Waals surface area contributed by atoms with Gasteiger partial charge in [-0.1, -0.05) is 6.07 Å². The summed E-state index contributed by atoms with van der Waals surface area (Å²) < 4.78 is 11.4. The number of hydrogen-bond donors (Lipinski definition) is 1. The third kappa shape index (κ3) is 2.32. The Kier molecular flexibility index (Phi) is 3.25. The molecule has 2 aliphatic heterocycles. The van der Waals surface area contributed by atoms with Crippen LogP contribution in [0.15, 0.2) is 36.7 Å². The first-order valence-corrected chi connectivity index (χ1v) is 7.64. The van der Waals surface area contributed by atoms with Gasteiger partial charge in [-0.2, -0.15) is 0 Å². The minimum Gasteiger partial charge on any atom is -0.486 e. The van der Waals surface area contributed by atoms with E-state index in [4.69, 9.17) is 9.47 Å². The largest absolute Gasteiger partial charge is 0.486 e. The second kappa shape index (κ2) is 5.40. The van der Waals surface area contributed by atoms with E-state index in [-0.39, 0.29) is 0 Å². The van der Waals surface area contributed by atoms with Crippen LogP contribution >= 0.6 is 0 Å². The fourth-order valence-corrected chi connectivity index (χ4v) is 2.99. The van der Waals surface area contributed by atoms with Crippen molar-refractivity contribution in [1.29, 1.82) is 0 Å². The molecule has 0 fully saturated rings. The molecule has 114 valence electrons. The number of benzene rings is 1. The van der Waals surface area contributed by atoms with E-state index < -0.39 is 0 Å². The molecule has 0 saturated carbocycles. The molecule has 1 unspecified atom stereocenters. The molecule has 0 amide bonds. The maximum absolute atomic E-state index is 5.73. The molecule has 4 rings (SSSR count). The SMILES string of the molecule is CC1CNc2cc3c(cc2N1Cc1cccnc1)OCCO3. The molecule has 1 N–H and O–H groups in total. The lowest BCUT2D eigenvalue weighted by Gasteiger charge is -2.38. The zero-order valence-corrected chi connectivity index (χ0v) is 12.6. The van der Waals surface area contributed by atoms with Gasteiger partial charge in [-0.15, -0.1) is 0 Å². The zero-order chi connectivity index (χ0) is 14.9. The Morgan fingerprint density at radius 1 is 1.27 bits per heavy atom. The van der Waals surface area contributed by atoms with Crippen molar-refractivity contribution >= 4 is 11.4 Å². The van der Waals surface area contributed by atoms with Crippen molar-refractivity contribution in [2.45, 2.75) is 19.5 Å². The average Bonchev–Trinajstić information content (AvgIpc) is 2.57. The highest BCUT2D eigenvalue weighted by atomic mass is 16.6. The van der Waals surface area contributed by atoms with Crippen LogP contribution in [0.5, 0.6) is 11.5 Å². The lowest BCUT2D eigenvalue weighted by molar-refractivity contribution is 0.171. The van der Waals surface area contributed by atoms with Crippen molar-refractivity contribution < 1.29 is 9.47 Å². The first-order chi connectivity index (χ1) is 10.8. The fourth-order valence-electron chi connectivity index (χ4n) is 2.99. The highest BCUT2D eigenvalue weighted by Gasteiger charge is 2.26. The summed E-state index contributed by atoms with van der Waals surface area (Å²) in [5, 5.41) is 3.49. The zero-order valence-electron chi connectivity index (χ0n) is 12.6. The number of fused-ring (bicyclic) bond motifs is 2. The maximum Gasteiger partial charge on any atom is 0.163 e. The Labute approximate surface area is 129 Å². The van der Waals surface area contributed by atoms with Gasteiger partial charge in [-0.3, -0.25) is 4.98 Å². The number of pyridine rings is 1. The molecule has 1 atom stereocenters. The quantitative estimate of drug-likeness (QED) is 0.923. The van der Waals surface area contributed by atoms with Gasteiger partial charge in [0.25, 0.3) is 0 Å². The highest BCUT2D eigenvalue weighted by molar-refractivity contribution is 5.77. The van der Waals surface area contributed by atoms with Crippen LogP contribution < -0.4 is 19.7 Å². The number of aromatic nitrogens is 1. The number of hydrogen-bond acceptors (Lipinski definition) is 5. The molecule has 0 saturated heterocycles. The van der Waals surface area contributed by atoms with Gasteiger partial charge in [-0.05, 0) is 18.6 Å². The van der Waals surface area contributed by atoms with Crippen LogP contribution in [0.1, 0.15) is 12.5 Å². The molecule has 0 aliphatic carbocycles. The molecule has 0 radical (unpaired) electrons. The predicted octanol–water partition coefficient (Wildman–Crippen LogP) is 2.67. The third-order valence-electron chi connectivity index (χ3n) is 4.17. The minimum atomic E-state index is 0.398. The summed E-state index contributed by atoms with van der Waals surface area (Å²) in [6.07, 6.45) is 3.73. The number of ether oxygens (including phenoxy) is 2. The molecule has 5 nitrogen and oxygen atoms in total. The van der Waals surface area contributed by atoms with Crippen LogP contribution in [0.4, 0.5) is 11.4 Å². The van der Waals surface area contributed by atoms with Crippen molar-refractivity contribution in [3.8, 4) is 11.5 Å². The Balaban J connectivity index is 1.71. The van der Waals surface area contributed by atoms with E-state index in [1.54, 1.807) is 6.20 Å². The molecule has 3 heterocycles. The van der Waals surface area contributed by atoms with Crippen LogP contribution in [0.25, 0.3) is 0 Å². The van der Waals surface area contributed by atoms with Crippen molar-refractivity contribution in [3.63, 3.8) is 0 Å². The molecule has 0 bridgehead atoms. The predicted molar refractivity (Wildman–Crippen MR) is 85.8 cm³/mol. The summed E-state index contributed by atoms with van der Waals surface area (Å²) in [6, 6.07) is 8.62. The van der Waals surface area contributed by atoms with Gasteiger partial charge in [0.05, 0.1) is 11.4 Å². The Morgan fingerprint density at radius 2 is 2.09 bits per heavy atom. The molecule has 1 aromatic carbocycles. The number of nitrogens with one attached hydrogen (secondary N) is 1. The van der Waals surface area contributed by atoms with Crippen LogP contribution in [0.2, 0.25) is 0 Å². The van der Waals surface area contributed by atoms with Gasteiger partial charge in [0, 0.05) is 43.7 Å². The number of rotatable bonds is 2. The molecule has 22 heavy (non-hydrogen) atoms. The van der Waals surface area contributed by atoms with Crippen LogP contribution in [0, 0.1) is 0 Å². The second-order valence-corrected chi connectivity index (χ2v) is 5.73. The van der Waals surface area contributed by atoms with Gasteiger partial charge in [-0.25, -0.2) is 0 Å². The van der Waals surface area contributed by atoms with Crippen molar-refractivity contribution in [2.24, 2.45) is 0 Å². The van der Waals surface area contributed by atoms with E-state index in [2.05, 4.69) is 34.3 Å². The van der Waals surface area contributed by atoms with E-state index in [0.717, 1.165) is 36.0 Å². The molecule has 2 aromatic rings. The maximum atomic E-state index is 5.73. The van der Waals surface area contributed by atoms with Crippen molar-refractivity contribution in [1.82, 2.24) is 4.98 Å². The topological polar surface area (TPSA) is 46.6 Å². The third-order valence-corrected chi connectivity index (χ3v) is 4.17. The van der Waals surface area contributed by atoms with Gasteiger partial charge in [0.15, 0.2) is 11.5 Å². The first kappa shape index (κ1) is 13.2. The van der Waals surface area contributed by atoms with Crippen LogP contribution in [-0.2, 0) is 6.54 Å². The fraction of sp³-hybridized carbons (Fsp3) is 0.353. The smallest absolute Gasteiger partial charge is 0.163 e. The standard InChI is InChI=1S/C17H19N3O2/c1-12-9-19-14-7-16-17(22-6-5-21-16)8-15(14)20(12)11-13-3-2-4-18-10-13/h2-4,7-8,10,12,19H,5-6,9,11H2,1H3. The van der Waals surface area contributed by atoms with Crippen molar-refractivity contribution in [3.05, 3.63) is 42.2 Å². The van der Waals surface area contributed by atoms with E-state index in [1.807, 2.05) is 18.3 Å². The molecular weight excluding hydrogens is 278 g/mol. The number of nitrogens with zero attached hydrogens (tertiary/aromatic N) is 2. The Hall–Kier alpha value is -2.43. The van der Waals surface area contributed by atoms with Crippen LogP contribution in [0.3, 0.4) is 0 Å². The molecular formula is C17H19N3O2. The van der Waals surface area contributed by atoms with Crippen LogP contribution in [-0.4, -0.2) is 30.8 Å². The summed E-state index contributed by atoms with van der Waals surface area (Å²) in [5.41, 5.74) is 3.47. The Bertz CT molecular complexity index is 675. The summed E-state index contributed by atoms with van der Waals surface area (Å²) in [5.74, 6) is 1.66. The van der Waals surface area contributed by atoms with Gasteiger partial charge >= 0.3 is 0 Å². The average molecular weight is 297 g/mol. The Morgan fingerprint density at radius 3 is 2.86 bits per heavy atom. The lowest BCUT2D eigenvalue weighted by Crippen LogP contribution is -2.41. The van der Waals surface area contributed by atoms with E-state index in [0.29, 0.717) is 19.3 Å². The van der Waals surface area contributed by atoms with Gasteiger partial charge in [0.1, 0.15) is 13.2 Å². The lowest BCUT2D eigenvalue weighted by atomic mass is 10.1. The molecule has 1 aromatic heterocycles. The molecule has 2 aliphatic rings. The molecule has 0 spiro atoms. The monoisotopic (exact) mass is 297 g/mol. The minimum absolute atomic E-state index is 0.398. The summed E-state index contributed by atoms with van der Waals surface area (Å²) in [4.78, 5) is 6.60. The first-order valence-electron chi connectivity index (χ1n) is 7.64. The van der Waals surface area contributed by atoms with Gasteiger partial charge < -0.3 is 19.7 Å². The highest BCUT2D eigenvalue weighted by Crippen LogP contribution is 2.42. The number of anilines is 2. The summed E-state index contributed by atoms with van der Waals surface area (Å²) in [7, 11) is 0.